The van der Waals surface area contributed by atoms with E-state index in [0.29, 0.717) is 5.71 Å². The summed E-state index contributed by atoms with van der Waals surface area (Å²) in [5, 5.41) is 9.45. The molecular weight excluding hydrogens is 498 g/mol. The average molecular weight is 528 g/mol. The predicted molar refractivity (Wildman–Crippen MR) is 152 cm³/mol. The largest absolute Gasteiger partial charge is 0.369 e. The zero-order valence-electron chi connectivity index (χ0n) is 20.2. The number of nitrogens with two attached hydrogens (primary N) is 2. The summed E-state index contributed by atoms with van der Waals surface area (Å²) in [6, 6.07) is 25.2. The summed E-state index contributed by atoms with van der Waals surface area (Å²) in [4.78, 5) is 0. The van der Waals surface area contributed by atoms with Crippen LogP contribution in [0.5, 0.6) is 0 Å². The van der Waals surface area contributed by atoms with Crippen LogP contribution in [0.4, 0.5) is 0 Å². The van der Waals surface area contributed by atoms with Gasteiger partial charge in [0.25, 0.3) is 0 Å². The number of para-hydroxylation sites is 1. The number of rotatable bonds is 6. The van der Waals surface area contributed by atoms with Gasteiger partial charge in [0.2, 0.25) is 5.96 Å². The Bertz CT molecular complexity index is 1400. The van der Waals surface area contributed by atoms with Gasteiger partial charge in [-0.05, 0) is 46.4 Å². The molecule has 0 atom stereocenters. The van der Waals surface area contributed by atoms with E-state index in [1.807, 2.05) is 24.3 Å². The van der Waals surface area contributed by atoms with Gasteiger partial charge in [0.1, 0.15) is 0 Å². The Morgan fingerprint density at radius 3 is 2.26 bits per heavy atom. The molecule has 4 rings (SSSR count). The maximum atomic E-state index is 5.60. The summed E-state index contributed by atoms with van der Waals surface area (Å²) >= 11 is 3.51. The lowest BCUT2D eigenvalue weighted by molar-refractivity contribution is 0.590. The second kappa shape index (κ2) is 10.3. The molecule has 0 amide bonds. The Balaban J connectivity index is 1.74. The molecule has 0 aliphatic rings. The second-order valence-corrected chi connectivity index (χ2v) is 10.4. The molecule has 3 aromatic carbocycles. The molecule has 0 saturated carbocycles. The van der Waals surface area contributed by atoms with Gasteiger partial charge in [-0.2, -0.15) is 0 Å². The van der Waals surface area contributed by atoms with Crippen molar-refractivity contribution in [1.29, 1.82) is 0 Å². The number of nitrogens with zero attached hydrogens (tertiary/aromatic N) is 3. The van der Waals surface area contributed by atoms with E-state index in [0.717, 1.165) is 33.0 Å². The van der Waals surface area contributed by atoms with Gasteiger partial charge in [-0.25, -0.2) is 0 Å². The molecule has 1 aromatic heterocycles. The Hall–Kier alpha value is -3.64. The van der Waals surface area contributed by atoms with E-state index in [2.05, 4.69) is 118 Å². The molecular formula is C29H30BrN5. The first-order valence-corrected chi connectivity index (χ1v) is 12.3. The smallest absolute Gasteiger partial charge is 0.211 e. The number of aromatic nitrogens is 1. The fraction of sp³-hybridized carbons (Fsp3) is 0.172. The van der Waals surface area contributed by atoms with Crippen molar-refractivity contribution in [3.8, 4) is 0 Å². The molecule has 0 saturated heterocycles. The van der Waals surface area contributed by atoms with Crippen LogP contribution in [0.1, 0.15) is 43.0 Å². The molecule has 0 unspecified atom stereocenters. The first-order chi connectivity index (χ1) is 16.7. The van der Waals surface area contributed by atoms with E-state index >= 15 is 0 Å². The number of hydrogen-bond donors (Lipinski definition) is 2. The van der Waals surface area contributed by atoms with Crippen molar-refractivity contribution < 1.29 is 0 Å². The van der Waals surface area contributed by atoms with Gasteiger partial charge in [0, 0.05) is 33.7 Å². The van der Waals surface area contributed by atoms with E-state index in [9.17, 15) is 0 Å². The van der Waals surface area contributed by atoms with Crippen LogP contribution in [0, 0.1) is 0 Å². The van der Waals surface area contributed by atoms with Crippen molar-refractivity contribution in [2.75, 3.05) is 0 Å². The molecule has 1 heterocycles. The van der Waals surface area contributed by atoms with Gasteiger partial charge >= 0.3 is 0 Å². The Morgan fingerprint density at radius 1 is 0.914 bits per heavy atom. The number of benzene rings is 3. The lowest BCUT2D eigenvalue weighted by Crippen LogP contribution is -2.22. The summed E-state index contributed by atoms with van der Waals surface area (Å²) in [5.41, 5.74) is 17.7. The first kappa shape index (κ1) is 24.5. The summed E-state index contributed by atoms with van der Waals surface area (Å²) in [5.74, 6) is -0.0796. The minimum absolute atomic E-state index is 0.0796. The molecule has 0 spiro atoms. The maximum Gasteiger partial charge on any atom is 0.211 e. The minimum atomic E-state index is -0.0796. The third-order valence-electron chi connectivity index (χ3n) is 5.81. The third-order valence-corrected chi connectivity index (χ3v) is 6.34. The van der Waals surface area contributed by atoms with E-state index in [1.165, 1.54) is 11.1 Å². The van der Waals surface area contributed by atoms with Crippen molar-refractivity contribution in [3.05, 3.63) is 112 Å². The molecule has 5 nitrogen and oxygen atoms in total. The fourth-order valence-corrected chi connectivity index (χ4v) is 4.19. The molecule has 0 fully saturated rings. The van der Waals surface area contributed by atoms with Crippen LogP contribution in [0.15, 0.2) is 99.7 Å². The molecule has 35 heavy (non-hydrogen) atoms. The third kappa shape index (κ3) is 6.08. The molecule has 0 aliphatic carbocycles. The maximum absolute atomic E-state index is 5.60. The van der Waals surface area contributed by atoms with Crippen LogP contribution in [0.2, 0.25) is 0 Å². The number of hydrogen-bond acceptors (Lipinski definition) is 2. The number of allylic oxidation sites excluding steroid dienone is 1. The molecule has 6 heteroatoms. The predicted octanol–water partition coefficient (Wildman–Crippen LogP) is 6.44. The standard InChI is InChI=1S/C29H30BrN5/c1-29(2,3)22-13-8-20(9-14-22)12-17-26(33-34-28(31)32)25-19-35(27-7-5-4-6-24(25)27)18-21-10-15-23(30)16-11-21/h4-17,19H,18H2,1-3H3,(H4,31,32,34)/b17-12+,33-26-. The van der Waals surface area contributed by atoms with Crippen molar-refractivity contribution >= 4 is 44.6 Å². The van der Waals surface area contributed by atoms with Gasteiger partial charge in [0.05, 0.1) is 5.71 Å². The lowest BCUT2D eigenvalue weighted by Gasteiger charge is -2.18. The molecule has 0 radical (unpaired) electrons. The van der Waals surface area contributed by atoms with Crippen molar-refractivity contribution in [2.24, 2.45) is 21.7 Å². The molecule has 4 N–H and O–H groups in total. The zero-order chi connectivity index (χ0) is 25.0. The highest BCUT2D eigenvalue weighted by molar-refractivity contribution is 9.10. The van der Waals surface area contributed by atoms with Crippen LogP contribution in [-0.4, -0.2) is 16.2 Å². The quantitative estimate of drug-likeness (QED) is 0.172. The van der Waals surface area contributed by atoms with Crippen LogP contribution in [0.25, 0.3) is 17.0 Å². The summed E-state index contributed by atoms with van der Waals surface area (Å²) in [6.45, 7) is 7.37. The molecule has 0 aliphatic heterocycles. The second-order valence-electron chi connectivity index (χ2n) is 9.53. The summed E-state index contributed by atoms with van der Waals surface area (Å²) in [7, 11) is 0. The molecule has 0 bridgehead atoms. The van der Waals surface area contributed by atoms with Crippen molar-refractivity contribution in [3.63, 3.8) is 0 Å². The average Bonchev–Trinajstić information content (AvgIpc) is 3.18. The summed E-state index contributed by atoms with van der Waals surface area (Å²) in [6.07, 6.45) is 6.11. The van der Waals surface area contributed by atoms with Crippen LogP contribution < -0.4 is 11.5 Å². The van der Waals surface area contributed by atoms with Gasteiger partial charge in [-0.3, -0.25) is 0 Å². The monoisotopic (exact) mass is 527 g/mol. The molecule has 4 aromatic rings. The fourth-order valence-electron chi connectivity index (χ4n) is 3.93. The van der Waals surface area contributed by atoms with Crippen LogP contribution in [0.3, 0.4) is 0 Å². The van der Waals surface area contributed by atoms with Gasteiger partial charge < -0.3 is 16.0 Å². The van der Waals surface area contributed by atoms with E-state index in [4.69, 9.17) is 11.5 Å². The Labute approximate surface area is 215 Å². The number of halogens is 1. The number of guanidine groups is 1. The SMILES string of the molecule is CC(C)(C)c1ccc(/C=C/C(=N/N=C(N)N)c2cn(Cc3ccc(Br)cc3)c3ccccc23)cc1. The normalized spacial score (nSPS) is 12.4. The Morgan fingerprint density at radius 2 is 1.60 bits per heavy atom. The van der Waals surface area contributed by atoms with Gasteiger partial charge in [-0.15, -0.1) is 10.2 Å². The minimum Gasteiger partial charge on any atom is -0.369 e. The van der Waals surface area contributed by atoms with Crippen molar-refractivity contribution in [1.82, 2.24) is 4.57 Å². The number of fused-ring (bicyclic) bond motifs is 1. The van der Waals surface area contributed by atoms with E-state index in [1.54, 1.807) is 0 Å². The Kier molecular flexibility index (Phi) is 7.22. The molecule has 178 valence electrons. The topological polar surface area (TPSA) is 81.7 Å². The highest BCUT2D eigenvalue weighted by atomic mass is 79.9. The first-order valence-electron chi connectivity index (χ1n) is 11.5. The van der Waals surface area contributed by atoms with Gasteiger partial charge in [-0.1, -0.05) is 97.4 Å². The zero-order valence-corrected chi connectivity index (χ0v) is 21.8. The highest BCUT2D eigenvalue weighted by Crippen LogP contribution is 2.25. The van der Waals surface area contributed by atoms with Gasteiger partial charge in [0.15, 0.2) is 0 Å². The van der Waals surface area contributed by atoms with Crippen LogP contribution in [-0.2, 0) is 12.0 Å². The van der Waals surface area contributed by atoms with Crippen molar-refractivity contribution in [2.45, 2.75) is 32.7 Å². The van der Waals surface area contributed by atoms with E-state index < -0.39 is 0 Å². The highest BCUT2D eigenvalue weighted by Gasteiger charge is 2.14. The van der Waals surface area contributed by atoms with E-state index in [-0.39, 0.29) is 11.4 Å². The van der Waals surface area contributed by atoms with Crippen LogP contribution >= 0.6 is 15.9 Å². The lowest BCUT2D eigenvalue weighted by atomic mass is 9.87. The summed E-state index contributed by atoms with van der Waals surface area (Å²) < 4.78 is 3.29.